The number of ketones is 2. The summed E-state index contributed by atoms with van der Waals surface area (Å²) in [7, 11) is -0.438. The second-order valence-corrected chi connectivity index (χ2v) is 19.1. The van der Waals surface area contributed by atoms with Crippen LogP contribution in [0.3, 0.4) is 0 Å². The third kappa shape index (κ3) is 6.64. The molecule has 8 heteroatoms. The van der Waals surface area contributed by atoms with Crippen LogP contribution in [0.1, 0.15) is 67.4 Å². The van der Waals surface area contributed by atoms with E-state index in [0.717, 1.165) is 5.56 Å². The molecule has 0 bridgehead atoms. The van der Waals surface area contributed by atoms with E-state index in [-0.39, 0.29) is 22.2 Å². The molecular formula is C34H47NO6Si. The summed E-state index contributed by atoms with van der Waals surface area (Å²) in [6.45, 7) is 20.9. The fourth-order valence-electron chi connectivity index (χ4n) is 5.28. The Balaban J connectivity index is 1.89. The highest BCUT2D eigenvalue weighted by molar-refractivity contribution is 6.74. The molecule has 7 nitrogen and oxygen atoms in total. The first-order valence-corrected chi connectivity index (χ1v) is 17.4. The van der Waals surface area contributed by atoms with E-state index in [4.69, 9.17) is 18.6 Å². The minimum atomic E-state index is -2.06. The maximum Gasteiger partial charge on any atom is 0.250 e. The van der Waals surface area contributed by atoms with Gasteiger partial charge in [0.1, 0.15) is 11.8 Å². The Bertz CT molecular complexity index is 1350. The molecule has 0 saturated carbocycles. The molecule has 0 amide bonds. The van der Waals surface area contributed by atoms with Crippen molar-refractivity contribution in [2.75, 3.05) is 20.3 Å². The number of Topliss-reactive ketones (excluding diaryl/α,β-unsaturated/α-hetero) is 1. The van der Waals surface area contributed by atoms with Crippen molar-refractivity contribution in [3.8, 4) is 17.6 Å². The number of carbonyl (C=O) groups is 2. The predicted molar refractivity (Wildman–Crippen MR) is 168 cm³/mol. The summed E-state index contributed by atoms with van der Waals surface area (Å²) in [5.74, 6) is -0.300. The monoisotopic (exact) mass is 593 g/mol. The van der Waals surface area contributed by atoms with Crippen molar-refractivity contribution >= 4 is 26.0 Å². The quantitative estimate of drug-likeness (QED) is 0.217. The van der Waals surface area contributed by atoms with Crippen LogP contribution in [0.25, 0.3) is 6.08 Å². The molecule has 0 N–H and O–H groups in total. The Morgan fingerprint density at radius 2 is 1.67 bits per heavy atom. The lowest BCUT2D eigenvalue weighted by Gasteiger charge is -2.39. The van der Waals surface area contributed by atoms with Crippen molar-refractivity contribution in [1.82, 2.24) is 0 Å². The normalized spacial score (nSPS) is 22.7. The number of rotatable bonds is 9. The summed E-state index contributed by atoms with van der Waals surface area (Å²) < 4.78 is 24.4. The SMILES string of the molecule is COc1cc(/C=C/C2(C(C)(C)C(=O)C=C[C@@]3(C)C=C(C#N)C(=O)C(C)(C)C3)OCCO2)ccc1O[Si](C)(C)C(C)(C)C. The van der Waals surface area contributed by atoms with E-state index in [1.54, 1.807) is 39.2 Å². The molecule has 2 aliphatic rings. The molecule has 1 heterocycles. The molecule has 42 heavy (non-hydrogen) atoms. The maximum atomic E-state index is 13.7. The molecule has 1 aromatic carbocycles. The minimum absolute atomic E-state index is 0.0447. The van der Waals surface area contributed by atoms with Gasteiger partial charge >= 0.3 is 0 Å². The zero-order chi connectivity index (χ0) is 31.8. The van der Waals surface area contributed by atoms with Crippen LogP contribution in [0.4, 0.5) is 0 Å². The lowest BCUT2D eigenvalue weighted by molar-refractivity contribution is -0.191. The molecule has 0 radical (unpaired) electrons. The van der Waals surface area contributed by atoms with Gasteiger partial charge in [-0.15, -0.1) is 0 Å². The van der Waals surface area contributed by atoms with Gasteiger partial charge in [-0.25, -0.2) is 0 Å². The van der Waals surface area contributed by atoms with Crippen LogP contribution in [0.5, 0.6) is 11.5 Å². The standard InChI is InChI=1S/C34H47NO6Si/c1-30(2,3)42(10,11)41-26-13-12-24(20-27(26)38-9)14-17-34(39-18-19-40-34)32(6,7)28(36)15-16-33(8)21-25(22-35)29(37)31(4,5)23-33/h12-17,20-21H,18-19,23H2,1-11H3/b16-15?,17-14+/t33-/m0/s1. The largest absolute Gasteiger partial charge is 0.541 e. The number of benzene rings is 1. The van der Waals surface area contributed by atoms with Gasteiger partial charge in [0.15, 0.2) is 17.3 Å². The van der Waals surface area contributed by atoms with E-state index in [1.165, 1.54) is 6.08 Å². The van der Waals surface area contributed by atoms with Gasteiger partial charge in [0.25, 0.3) is 8.32 Å². The summed E-state index contributed by atoms with van der Waals surface area (Å²) in [4.78, 5) is 26.3. The molecule has 0 spiro atoms. The van der Waals surface area contributed by atoms with Crippen molar-refractivity contribution in [3.63, 3.8) is 0 Å². The number of methoxy groups -OCH3 is 1. The Hall–Kier alpha value is -2.99. The summed E-state index contributed by atoms with van der Waals surface area (Å²) in [5.41, 5.74) is -1.43. The highest BCUT2D eigenvalue weighted by Crippen LogP contribution is 2.45. The van der Waals surface area contributed by atoms with Crippen molar-refractivity contribution < 1.29 is 28.2 Å². The van der Waals surface area contributed by atoms with Crippen LogP contribution in [-0.4, -0.2) is 46.0 Å². The van der Waals surface area contributed by atoms with Crippen molar-refractivity contribution in [2.24, 2.45) is 16.2 Å². The van der Waals surface area contributed by atoms with E-state index >= 15 is 0 Å². The Kier molecular flexibility index (Phi) is 9.25. The lowest BCUT2D eigenvalue weighted by atomic mass is 9.65. The first kappa shape index (κ1) is 33.5. The number of ether oxygens (including phenoxy) is 3. The molecular weight excluding hydrogens is 546 g/mol. The lowest BCUT2D eigenvalue weighted by Crippen LogP contribution is -2.48. The third-order valence-corrected chi connectivity index (χ3v) is 13.3. The zero-order valence-electron chi connectivity index (χ0n) is 27.1. The van der Waals surface area contributed by atoms with Gasteiger partial charge in [-0.3, -0.25) is 9.59 Å². The number of hydrogen-bond acceptors (Lipinski definition) is 7. The van der Waals surface area contributed by atoms with Crippen LogP contribution in [0.15, 0.2) is 48.1 Å². The van der Waals surface area contributed by atoms with Crippen molar-refractivity contribution in [2.45, 2.75) is 85.7 Å². The summed E-state index contributed by atoms with van der Waals surface area (Å²) >= 11 is 0. The average Bonchev–Trinajstić information content (AvgIpc) is 3.38. The van der Waals surface area contributed by atoms with Crippen LogP contribution < -0.4 is 9.16 Å². The number of carbonyl (C=O) groups excluding carboxylic acids is 2. The van der Waals surface area contributed by atoms with E-state index < -0.39 is 30.3 Å². The van der Waals surface area contributed by atoms with Crippen LogP contribution >= 0.6 is 0 Å². The van der Waals surface area contributed by atoms with Gasteiger partial charge in [0.2, 0.25) is 5.79 Å². The summed E-state index contributed by atoms with van der Waals surface area (Å²) in [6.07, 6.45) is 9.16. The zero-order valence-corrected chi connectivity index (χ0v) is 28.1. The topological polar surface area (TPSA) is 94.9 Å². The second kappa shape index (κ2) is 11.6. The maximum absolute atomic E-state index is 13.7. The van der Waals surface area contributed by atoms with E-state index in [0.29, 0.717) is 31.1 Å². The summed E-state index contributed by atoms with van der Waals surface area (Å²) in [6, 6.07) is 7.80. The first-order valence-electron chi connectivity index (χ1n) is 14.5. The molecule has 1 atom stereocenters. The van der Waals surface area contributed by atoms with Gasteiger partial charge in [0, 0.05) is 10.8 Å². The highest BCUT2D eigenvalue weighted by Gasteiger charge is 2.52. The third-order valence-electron chi connectivity index (χ3n) is 8.95. The van der Waals surface area contributed by atoms with Gasteiger partial charge < -0.3 is 18.6 Å². The molecule has 0 unspecified atom stereocenters. The molecule has 1 saturated heterocycles. The Labute approximate surface area is 252 Å². The van der Waals surface area contributed by atoms with E-state index in [1.807, 2.05) is 51.1 Å². The fraction of sp³-hybridized carbons (Fsp3) is 0.559. The van der Waals surface area contributed by atoms with Gasteiger partial charge in [-0.1, -0.05) is 65.8 Å². The number of hydrogen-bond donors (Lipinski definition) is 0. The van der Waals surface area contributed by atoms with Gasteiger partial charge in [-0.05, 0) is 68.2 Å². The molecule has 3 rings (SSSR count). The molecule has 1 aliphatic carbocycles. The fourth-order valence-corrected chi connectivity index (χ4v) is 6.30. The Morgan fingerprint density at radius 1 is 1.05 bits per heavy atom. The first-order chi connectivity index (χ1) is 19.2. The number of nitriles is 1. The van der Waals surface area contributed by atoms with Crippen molar-refractivity contribution in [1.29, 1.82) is 5.26 Å². The molecule has 1 aromatic rings. The van der Waals surface area contributed by atoms with E-state index in [9.17, 15) is 14.9 Å². The molecule has 1 aliphatic heterocycles. The number of nitrogens with zero attached hydrogens (tertiary/aromatic N) is 1. The molecule has 228 valence electrons. The number of allylic oxidation sites excluding steroid dienone is 4. The van der Waals surface area contributed by atoms with Crippen LogP contribution in [-0.2, 0) is 19.1 Å². The van der Waals surface area contributed by atoms with Crippen LogP contribution in [0.2, 0.25) is 18.1 Å². The smallest absolute Gasteiger partial charge is 0.250 e. The van der Waals surface area contributed by atoms with Gasteiger partial charge in [-0.2, -0.15) is 5.26 Å². The Morgan fingerprint density at radius 3 is 2.21 bits per heavy atom. The predicted octanol–water partition coefficient (Wildman–Crippen LogP) is 7.44. The van der Waals surface area contributed by atoms with E-state index in [2.05, 4.69) is 33.9 Å². The molecule has 0 aromatic heterocycles. The molecule has 1 fully saturated rings. The minimum Gasteiger partial charge on any atom is -0.541 e. The van der Waals surface area contributed by atoms with Gasteiger partial charge in [0.05, 0.1) is 31.3 Å². The van der Waals surface area contributed by atoms with Crippen LogP contribution in [0, 0.1) is 27.6 Å². The summed E-state index contributed by atoms with van der Waals surface area (Å²) in [5, 5.41) is 9.55. The average molecular weight is 594 g/mol. The second-order valence-electron chi connectivity index (χ2n) is 14.4. The highest BCUT2D eigenvalue weighted by atomic mass is 28.4. The van der Waals surface area contributed by atoms with Crippen molar-refractivity contribution in [3.05, 3.63) is 53.6 Å².